The second-order valence-corrected chi connectivity index (χ2v) is 6.50. The molecule has 1 aliphatic rings. The van der Waals surface area contributed by atoms with E-state index in [1.165, 1.54) is 16.8 Å². The zero-order valence-corrected chi connectivity index (χ0v) is 14.6. The standard InChI is InChI=1S/C18H22F2N2O4/c1-21(11-17(24)22-8-2-3-13(10-22)18(25)26)16(23)7-4-12-9-14(19)5-6-15(12)20/h5-6,9,13H,2-4,7-8,10-11H2,1H3,(H,25,26). The monoisotopic (exact) mass is 368 g/mol. The van der Waals surface area contributed by atoms with Crippen LogP contribution in [0.25, 0.3) is 0 Å². The Morgan fingerprint density at radius 3 is 2.73 bits per heavy atom. The van der Waals surface area contributed by atoms with Crippen LogP contribution in [0.5, 0.6) is 0 Å². The van der Waals surface area contributed by atoms with E-state index in [1.807, 2.05) is 0 Å². The number of aliphatic carboxylic acids is 1. The summed E-state index contributed by atoms with van der Waals surface area (Å²) >= 11 is 0. The van der Waals surface area contributed by atoms with Gasteiger partial charge in [0.25, 0.3) is 0 Å². The summed E-state index contributed by atoms with van der Waals surface area (Å²) in [6, 6.07) is 3.07. The molecule has 26 heavy (non-hydrogen) atoms. The van der Waals surface area contributed by atoms with Gasteiger partial charge in [-0.05, 0) is 43.0 Å². The lowest BCUT2D eigenvalue weighted by molar-refractivity contribution is -0.147. The molecule has 1 unspecified atom stereocenters. The number of likely N-dealkylation sites (tertiary alicyclic amines) is 1. The van der Waals surface area contributed by atoms with Crippen molar-refractivity contribution in [3.05, 3.63) is 35.4 Å². The van der Waals surface area contributed by atoms with Gasteiger partial charge in [-0.3, -0.25) is 14.4 Å². The van der Waals surface area contributed by atoms with Crippen LogP contribution in [0.3, 0.4) is 0 Å². The predicted molar refractivity (Wildman–Crippen MR) is 89.3 cm³/mol. The number of nitrogens with zero attached hydrogens (tertiary/aromatic N) is 2. The highest BCUT2D eigenvalue weighted by Gasteiger charge is 2.28. The zero-order chi connectivity index (χ0) is 19.3. The van der Waals surface area contributed by atoms with E-state index in [0.717, 1.165) is 18.2 Å². The quantitative estimate of drug-likeness (QED) is 0.829. The number of likely N-dealkylation sites (N-methyl/N-ethyl adjacent to an activating group) is 1. The number of benzene rings is 1. The molecule has 0 aromatic heterocycles. The number of aryl methyl sites for hydroxylation is 1. The molecule has 1 aliphatic heterocycles. The average molecular weight is 368 g/mol. The van der Waals surface area contributed by atoms with Crippen molar-refractivity contribution in [2.75, 3.05) is 26.7 Å². The summed E-state index contributed by atoms with van der Waals surface area (Å²) in [6.45, 7) is 0.445. The molecule has 2 rings (SSSR count). The Hall–Kier alpha value is -2.51. The topological polar surface area (TPSA) is 77.9 Å². The van der Waals surface area contributed by atoms with Gasteiger partial charge in [0, 0.05) is 26.6 Å². The van der Waals surface area contributed by atoms with Crippen LogP contribution in [0.2, 0.25) is 0 Å². The molecule has 1 saturated heterocycles. The Morgan fingerprint density at radius 1 is 1.31 bits per heavy atom. The van der Waals surface area contributed by atoms with Crippen molar-refractivity contribution in [1.29, 1.82) is 0 Å². The Kier molecular flexibility index (Phi) is 6.65. The van der Waals surface area contributed by atoms with E-state index in [1.54, 1.807) is 0 Å². The molecular weight excluding hydrogens is 346 g/mol. The average Bonchev–Trinajstić information content (AvgIpc) is 2.62. The van der Waals surface area contributed by atoms with E-state index >= 15 is 0 Å². The van der Waals surface area contributed by atoms with Crippen LogP contribution < -0.4 is 0 Å². The summed E-state index contributed by atoms with van der Waals surface area (Å²) in [5.41, 5.74) is 0.110. The normalized spacial score (nSPS) is 17.0. The third kappa shape index (κ3) is 5.24. The van der Waals surface area contributed by atoms with Crippen molar-refractivity contribution in [3.8, 4) is 0 Å². The van der Waals surface area contributed by atoms with Gasteiger partial charge in [0.05, 0.1) is 12.5 Å². The number of rotatable bonds is 6. The van der Waals surface area contributed by atoms with Crippen LogP contribution in [-0.4, -0.2) is 59.4 Å². The number of halogens is 2. The van der Waals surface area contributed by atoms with E-state index in [0.29, 0.717) is 19.4 Å². The molecule has 0 aliphatic carbocycles. The predicted octanol–water partition coefficient (Wildman–Crippen LogP) is 1.68. The first-order valence-electron chi connectivity index (χ1n) is 8.46. The zero-order valence-electron chi connectivity index (χ0n) is 14.6. The van der Waals surface area contributed by atoms with Gasteiger partial charge in [-0.25, -0.2) is 8.78 Å². The van der Waals surface area contributed by atoms with E-state index < -0.39 is 23.5 Å². The minimum absolute atomic E-state index is 0.0335. The van der Waals surface area contributed by atoms with Gasteiger partial charge in [0.1, 0.15) is 11.6 Å². The molecule has 0 spiro atoms. The summed E-state index contributed by atoms with van der Waals surface area (Å²) < 4.78 is 26.7. The maximum atomic E-state index is 13.6. The maximum absolute atomic E-state index is 13.6. The highest BCUT2D eigenvalue weighted by molar-refractivity contribution is 5.85. The molecular formula is C18H22F2N2O4. The Balaban J connectivity index is 1.85. The molecule has 0 bridgehead atoms. The summed E-state index contributed by atoms with van der Waals surface area (Å²) in [5, 5.41) is 9.07. The second-order valence-electron chi connectivity index (χ2n) is 6.50. The molecule has 1 atom stereocenters. The van der Waals surface area contributed by atoms with E-state index in [2.05, 4.69) is 0 Å². The minimum atomic E-state index is -0.927. The molecule has 1 fully saturated rings. The Bertz CT molecular complexity index is 696. The fraction of sp³-hybridized carbons (Fsp3) is 0.500. The lowest BCUT2D eigenvalue weighted by Gasteiger charge is -2.32. The number of carboxylic acid groups (broad SMARTS) is 1. The number of amides is 2. The molecule has 2 amide bonds. The van der Waals surface area contributed by atoms with Gasteiger partial charge in [0.15, 0.2) is 0 Å². The molecule has 8 heteroatoms. The third-order valence-electron chi connectivity index (χ3n) is 4.54. The lowest BCUT2D eigenvalue weighted by atomic mass is 9.98. The van der Waals surface area contributed by atoms with Crippen molar-refractivity contribution in [1.82, 2.24) is 9.80 Å². The van der Waals surface area contributed by atoms with Gasteiger partial charge in [-0.2, -0.15) is 0 Å². The summed E-state index contributed by atoms with van der Waals surface area (Å²) in [5.74, 6) is -3.34. The number of carbonyl (C=O) groups excluding carboxylic acids is 2. The van der Waals surface area contributed by atoms with Crippen molar-refractivity contribution >= 4 is 17.8 Å². The van der Waals surface area contributed by atoms with Gasteiger partial charge >= 0.3 is 5.97 Å². The van der Waals surface area contributed by atoms with Gasteiger partial charge in [-0.15, -0.1) is 0 Å². The summed E-state index contributed by atoms with van der Waals surface area (Å²) in [7, 11) is 1.46. The fourth-order valence-corrected chi connectivity index (χ4v) is 2.96. The van der Waals surface area contributed by atoms with Crippen molar-refractivity contribution in [2.24, 2.45) is 5.92 Å². The van der Waals surface area contributed by atoms with Crippen LogP contribution in [0, 0.1) is 17.6 Å². The molecule has 6 nitrogen and oxygen atoms in total. The highest BCUT2D eigenvalue weighted by Crippen LogP contribution is 2.17. The Morgan fingerprint density at radius 2 is 2.04 bits per heavy atom. The summed E-state index contributed by atoms with van der Waals surface area (Å²) in [6.07, 6.45) is 1.12. The Labute approximate surface area is 150 Å². The second kappa shape index (κ2) is 8.73. The molecule has 0 saturated carbocycles. The van der Waals surface area contributed by atoms with Crippen LogP contribution in [0.4, 0.5) is 8.78 Å². The van der Waals surface area contributed by atoms with E-state index in [4.69, 9.17) is 5.11 Å². The molecule has 1 heterocycles. The third-order valence-corrected chi connectivity index (χ3v) is 4.54. The van der Waals surface area contributed by atoms with E-state index in [9.17, 15) is 23.2 Å². The maximum Gasteiger partial charge on any atom is 0.308 e. The van der Waals surface area contributed by atoms with Gasteiger partial charge in [0.2, 0.25) is 11.8 Å². The van der Waals surface area contributed by atoms with E-state index in [-0.39, 0.29) is 43.3 Å². The highest BCUT2D eigenvalue weighted by atomic mass is 19.1. The van der Waals surface area contributed by atoms with Crippen LogP contribution >= 0.6 is 0 Å². The lowest BCUT2D eigenvalue weighted by Crippen LogP contribution is -2.46. The number of hydrogen-bond donors (Lipinski definition) is 1. The molecule has 1 aromatic rings. The SMILES string of the molecule is CN(CC(=O)N1CCCC(C(=O)O)C1)C(=O)CCc1cc(F)ccc1F. The smallest absolute Gasteiger partial charge is 0.308 e. The van der Waals surface area contributed by atoms with Crippen molar-refractivity contribution in [3.63, 3.8) is 0 Å². The molecule has 0 radical (unpaired) electrons. The van der Waals surface area contributed by atoms with Crippen molar-refractivity contribution in [2.45, 2.75) is 25.7 Å². The number of carboxylic acids is 1. The molecule has 142 valence electrons. The first-order chi connectivity index (χ1) is 12.3. The number of carbonyl (C=O) groups is 3. The molecule has 1 aromatic carbocycles. The first kappa shape index (κ1) is 19.8. The van der Waals surface area contributed by atoms with Crippen LogP contribution in [0.1, 0.15) is 24.8 Å². The van der Waals surface area contributed by atoms with Crippen LogP contribution in [0.15, 0.2) is 18.2 Å². The summed E-state index contributed by atoms with van der Waals surface area (Å²) in [4.78, 5) is 38.2. The van der Waals surface area contributed by atoms with Gasteiger partial charge < -0.3 is 14.9 Å². The minimum Gasteiger partial charge on any atom is -0.481 e. The van der Waals surface area contributed by atoms with Crippen LogP contribution in [-0.2, 0) is 20.8 Å². The van der Waals surface area contributed by atoms with Crippen molar-refractivity contribution < 1.29 is 28.3 Å². The first-order valence-corrected chi connectivity index (χ1v) is 8.46. The largest absolute Gasteiger partial charge is 0.481 e. The number of hydrogen-bond acceptors (Lipinski definition) is 3. The number of piperidine rings is 1. The fourth-order valence-electron chi connectivity index (χ4n) is 2.96. The molecule has 1 N–H and O–H groups in total. The van der Waals surface area contributed by atoms with Gasteiger partial charge in [-0.1, -0.05) is 0 Å².